The van der Waals surface area contributed by atoms with Crippen molar-refractivity contribution in [1.82, 2.24) is 10.2 Å². The van der Waals surface area contributed by atoms with E-state index in [1.54, 1.807) is 7.11 Å². The number of benzene rings is 2. The van der Waals surface area contributed by atoms with Gasteiger partial charge in [0.15, 0.2) is 0 Å². The number of hydrogen-bond donors (Lipinski definition) is 2. The molecule has 1 aliphatic rings. The van der Waals surface area contributed by atoms with Crippen LogP contribution in [0, 0.1) is 12.8 Å². The second-order valence-electron chi connectivity index (χ2n) is 7.23. The second-order valence-corrected chi connectivity index (χ2v) is 7.23. The Balaban J connectivity index is 1.49. The number of rotatable bonds is 7. The number of aryl methyl sites for hydroxylation is 1. The summed E-state index contributed by atoms with van der Waals surface area (Å²) >= 11 is 0. The van der Waals surface area contributed by atoms with Crippen LogP contribution in [-0.4, -0.2) is 50.8 Å². The van der Waals surface area contributed by atoms with Crippen molar-refractivity contribution in [3.63, 3.8) is 0 Å². The first-order valence-corrected chi connectivity index (χ1v) is 9.57. The molecule has 2 aromatic rings. The number of nitrogens with zero attached hydrogens (tertiary/aromatic N) is 1. The smallest absolute Gasteiger partial charge is 0.319 e. The lowest BCUT2D eigenvalue weighted by Crippen LogP contribution is -2.34. The van der Waals surface area contributed by atoms with Gasteiger partial charge in [-0.25, -0.2) is 4.79 Å². The van der Waals surface area contributed by atoms with Gasteiger partial charge in [0, 0.05) is 32.4 Å². The molecule has 1 unspecified atom stereocenters. The zero-order chi connectivity index (χ0) is 19.1. The highest BCUT2D eigenvalue weighted by Crippen LogP contribution is 2.23. The standard InChI is InChI=1S/C22H29N3O2/c1-17-5-3-6-19(13-17)20-7-4-8-21(14-20)24-22(26)23-15-18-9-10-25(16-18)11-12-27-2/h3-8,13-14,18H,9-12,15-16H2,1-2H3,(H2,23,24,26). The third-order valence-electron chi connectivity index (χ3n) is 5.00. The molecule has 2 amide bonds. The summed E-state index contributed by atoms with van der Waals surface area (Å²) in [7, 11) is 1.73. The molecular weight excluding hydrogens is 338 g/mol. The molecule has 5 heteroatoms. The molecule has 1 aliphatic heterocycles. The number of likely N-dealkylation sites (tertiary alicyclic amines) is 1. The molecule has 1 fully saturated rings. The van der Waals surface area contributed by atoms with Crippen molar-refractivity contribution < 1.29 is 9.53 Å². The van der Waals surface area contributed by atoms with E-state index in [1.165, 1.54) is 5.56 Å². The van der Waals surface area contributed by atoms with Gasteiger partial charge in [-0.2, -0.15) is 0 Å². The highest BCUT2D eigenvalue weighted by atomic mass is 16.5. The van der Waals surface area contributed by atoms with Gasteiger partial charge in [-0.15, -0.1) is 0 Å². The first-order chi connectivity index (χ1) is 13.1. The summed E-state index contributed by atoms with van der Waals surface area (Å²) in [6.45, 7) is 6.61. The van der Waals surface area contributed by atoms with Crippen LogP contribution in [0.15, 0.2) is 48.5 Å². The van der Waals surface area contributed by atoms with Crippen LogP contribution in [-0.2, 0) is 4.74 Å². The lowest BCUT2D eigenvalue weighted by molar-refractivity contribution is 0.159. The maximum absolute atomic E-state index is 12.3. The quantitative estimate of drug-likeness (QED) is 0.784. The van der Waals surface area contributed by atoms with E-state index >= 15 is 0 Å². The Morgan fingerprint density at radius 1 is 1.19 bits per heavy atom. The molecule has 0 aliphatic carbocycles. The van der Waals surface area contributed by atoms with Crippen molar-refractivity contribution >= 4 is 11.7 Å². The largest absolute Gasteiger partial charge is 0.383 e. The van der Waals surface area contributed by atoms with Crippen LogP contribution in [0.5, 0.6) is 0 Å². The highest BCUT2D eigenvalue weighted by molar-refractivity contribution is 5.90. The average Bonchev–Trinajstić information content (AvgIpc) is 3.13. The zero-order valence-electron chi connectivity index (χ0n) is 16.2. The molecule has 2 N–H and O–H groups in total. The van der Waals surface area contributed by atoms with Gasteiger partial charge >= 0.3 is 6.03 Å². The SMILES string of the molecule is COCCN1CCC(CNC(=O)Nc2cccc(-c3cccc(C)c3)c2)C1. The van der Waals surface area contributed by atoms with Crippen LogP contribution < -0.4 is 10.6 Å². The van der Waals surface area contributed by atoms with Gasteiger partial charge in [-0.05, 0) is 49.1 Å². The molecule has 1 atom stereocenters. The van der Waals surface area contributed by atoms with E-state index in [2.05, 4.69) is 52.8 Å². The van der Waals surface area contributed by atoms with E-state index in [1.807, 2.05) is 18.2 Å². The molecule has 0 saturated carbocycles. The third-order valence-corrected chi connectivity index (χ3v) is 5.00. The molecule has 1 saturated heterocycles. The third kappa shape index (κ3) is 5.81. The van der Waals surface area contributed by atoms with Gasteiger partial charge < -0.3 is 20.3 Å². The molecule has 0 spiro atoms. The van der Waals surface area contributed by atoms with Crippen molar-refractivity contribution in [2.45, 2.75) is 13.3 Å². The minimum Gasteiger partial charge on any atom is -0.383 e. The van der Waals surface area contributed by atoms with Crippen molar-refractivity contribution in [2.75, 3.05) is 45.2 Å². The zero-order valence-corrected chi connectivity index (χ0v) is 16.2. The highest BCUT2D eigenvalue weighted by Gasteiger charge is 2.22. The molecular formula is C22H29N3O2. The fourth-order valence-electron chi connectivity index (χ4n) is 3.52. The molecule has 0 aromatic heterocycles. The number of amides is 2. The molecule has 5 nitrogen and oxygen atoms in total. The normalized spacial score (nSPS) is 17.0. The number of urea groups is 1. The number of ether oxygens (including phenoxy) is 1. The van der Waals surface area contributed by atoms with Crippen LogP contribution in [0.2, 0.25) is 0 Å². The summed E-state index contributed by atoms with van der Waals surface area (Å²) in [5.74, 6) is 0.506. The number of carbonyl (C=O) groups is 1. The number of hydrogen-bond acceptors (Lipinski definition) is 3. The molecule has 2 aromatic carbocycles. The van der Waals surface area contributed by atoms with Gasteiger partial charge in [0.25, 0.3) is 0 Å². The summed E-state index contributed by atoms with van der Waals surface area (Å²) in [6, 6.07) is 16.2. The van der Waals surface area contributed by atoms with Crippen molar-refractivity contribution in [1.29, 1.82) is 0 Å². The van der Waals surface area contributed by atoms with E-state index < -0.39 is 0 Å². The number of methoxy groups -OCH3 is 1. The van der Waals surface area contributed by atoms with Crippen LogP contribution in [0.25, 0.3) is 11.1 Å². The van der Waals surface area contributed by atoms with Gasteiger partial charge in [-0.3, -0.25) is 0 Å². The van der Waals surface area contributed by atoms with Crippen LogP contribution >= 0.6 is 0 Å². The predicted octanol–water partition coefficient (Wildman–Crippen LogP) is 3.75. The summed E-state index contributed by atoms with van der Waals surface area (Å²) in [5.41, 5.74) is 4.28. The van der Waals surface area contributed by atoms with E-state index in [0.717, 1.165) is 49.5 Å². The Hall–Kier alpha value is -2.37. The Labute approximate surface area is 161 Å². The van der Waals surface area contributed by atoms with E-state index in [0.29, 0.717) is 12.5 Å². The van der Waals surface area contributed by atoms with Crippen LogP contribution in [0.4, 0.5) is 10.5 Å². The first-order valence-electron chi connectivity index (χ1n) is 9.57. The number of anilines is 1. The topological polar surface area (TPSA) is 53.6 Å². The monoisotopic (exact) mass is 367 g/mol. The number of carbonyl (C=O) groups excluding carboxylic acids is 1. The van der Waals surface area contributed by atoms with E-state index in [9.17, 15) is 4.79 Å². The van der Waals surface area contributed by atoms with Gasteiger partial charge in [0.1, 0.15) is 0 Å². The fraction of sp³-hybridized carbons (Fsp3) is 0.409. The lowest BCUT2D eigenvalue weighted by Gasteiger charge is -2.16. The minimum absolute atomic E-state index is 0.147. The van der Waals surface area contributed by atoms with Gasteiger partial charge in [-0.1, -0.05) is 42.0 Å². The molecule has 3 rings (SSSR count). The summed E-state index contributed by atoms with van der Waals surface area (Å²) in [5, 5.41) is 5.96. The fourth-order valence-corrected chi connectivity index (χ4v) is 3.52. The van der Waals surface area contributed by atoms with Crippen molar-refractivity contribution in [2.24, 2.45) is 5.92 Å². The Bertz CT molecular complexity index is 763. The molecule has 1 heterocycles. The minimum atomic E-state index is -0.147. The Kier molecular flexibility index (Phi) is 6.85. The molecule has 0 radical (unpaired) electrons. The first kappa shape index (κ1) is 19.4. The summed E-state index contributed by atoms with van der Waals surface area (Å²) in [6.07, 6.45) is 1.12. The number of nitrogens with one attached hydrogen (secondary N) is 2. The van der Waals surface area contributed by atoms with Gasteiger partial charge in [0.05, 0.1) is 6.61 Å². The summed E-state index contributed by atoms with van der Waals surface area (Å²) in [4.78, 5) is 14.7. The Morgan fingerprint density at radius 3 is 2.74 bits per heavy atom. The maximum Gasteiger partial charge on any atom is 0.319 e. The van der Waals surface area contributed by atoms with E-state index in [-0.39, 0.29) is 6.03 Å². The van der Waals surface area contributed by atoms with Crippen LogP contribution in [0.1, 0.15) is 12.0 Å². The lowest BCUT2D eigenvalue weighted by atomic mass is 10.0. The van der Waals surface area contributed by atoms with Gasteiger partial charge in [0.2, 0.25) is 0 Å². The van der Waals surface area contributed by atoms with E-state index in [4.69, 9.17) is 4.74 Å². The Morgan fingerprint density at radius 2 is 1.96 bits per heavy atom. The van der Waals surface area contributed by atoms with Crippen LogP contribution in [0.3, 0.4) is 0 Å². The summed E-state index contributed by atoms with van der Waals surface area (Å²) < 4.78 is 5.13. The van der Waals surface area contributed by atoms with Crippen molar-refractivity contribution in [3.8, 4) is 11.1 Å². The molecule has 27 heavy (non-hydrogen) atoms. The molecule has 0 bridgehead atoms. The maximum atomic E-state index is 12.3. The molecule has 144 valence electrons. The predicted molar refractivity (Wildman–Crippen MR) is 110 cm³/mol. The van der Waals surface area contributed by atoms with Crippen molar-refractivity contribution in [3.05, 3.63) is 54.1 Å². The second kappa shape index (κ2) is 9.53. The average molecular weight is 367 g/mol.